The molecule has 0 spiro atoms. The van der Waals surface area contributed by atoms with Gasteiger partial charge in [0.25, 0.3) is 5.56 Å². The molecular formula is C13H19N3O2. The fourth-order valence-electron chi connectivity index (χ4n) is 2.33. The van der Waals surface area contributed by atoms with Crippen molar-refractivity contribution in [3.8, 4) is 0 Å². The Kier molecular flexibility index (Phi) is 3.41. The molecule has 5 heteroatoms. The summed E-state index contributed by atoms with van der Waals surface area (Å²) in [6, 6.07) is 2.91. The molecule has 0 aliphatic heterocycles. The molecule has 98 valence electrons. The lowest BCUT2D eigenvalue weighted by atomic mass is 9.75. The number of carbonyl (C=O) groups excluding carboxylic acids is 1. The number of anilines is 1. The van der Waals surface area contributed by atoms with Gasteiger partial charge in [-0.3, -0.25) is 9.59 Å². The standard InChI is InChI=1S/C13H19N3O2/c1-2-13(6-3-7-13)15-11(17)9-16-8-10(14)4-5-12(16)18/h4-5,8H,2-3,6-7,9,14H2,1H3,(H,15,17). The molecule has 1 heterocycles. The number of hydrogen-bond donors (Lipinski definition) is 2. The molecule has 1 fully saturated rings. The van der Waals surface area contributed by atoms with Crippen LogP contribution in [-0.4, -0.2) is 16.0 Å². The highest BCUT2D eigenvalue weighted by atomic mass is 16.2. The zero-order chi connectivity index (χ0) is 13.2. The van der Waals surface area contributed by atoms with Crippen LogP contribution in [0, 0.1) is 0 Å². The summed E-state index contributed by atoms with van der Waals surface area (Å²) in [6.45, 7) is 2.11. The van der Waals surface area contributed by atoms with E-state index in [1.54, 1.807) is 0 Å². The van der Waals surface area contributed by atoms with E-state index in [9.17, 15) is 9.59 Å². The van der Waals surface area contributed by atoms with Crippen molar-refractivity contribution in [2.24, 2.45) is 0 Å². The number of amides is 1. The van der Waals surface area contributed by atoms with Crippen molar-refractivity contribution in [2.45, 2.75) is 44.7 Å². The second-order valence-electron chi connectivity index (χ2n) is 4.96. The van der Waals surface area contributed by atoms with Gasteiger partial charge in [-0.15, -0.1) is 0 Å². The highest BCUT2D eigenvalue weighted by Gasteiger charge is 2.36. The average molecular weight is 249 g/mol. The number of nitrogens with two attached hydrogens (primary N) is 1. The maximum Gasteiger partial charge on any atom is 0.251 e. The summed E-state index contributed by atoms with van der Waals surface area (Å²) in [5, 5.41) is 3.04. The number of pyridine rings is 1. The lowest BCUT2D eigenvalue weighted by Crippen LogP contribution is -2.54. The molecule has 18 heavy (non-hydrogen) atoms. The third-order valence-electron chi connectivity index (χ3n) is 3.71. The maximum absolute atomic E-state index is 11.9. The first-order chi connectivity index (χ1) is 8.54. The van der Waals surface area contributed by atoms with E-state index in [4.69, 9.17) is 5.73 Å². The van der Waals surface area contributed by atoms with Crippen LogP contribution in [-0.2, 0) is 11.3 Å². The van der Waals surface area contributed by atoms with Gasteiger partial charge in [0, 0.05) is 23.5 Å². The van der Waals surface area contributed by atoms with E-state index in [0.717, 1.165) is 25.7 Å². The Morgan fingerprint density at radius 3 is 2.78 bits per heavy atom. The van der Waals surface area contributed by atoms with Gasteiger partial charge in [0.2, 0.25) is 5.91 Å². The molecule has 1 aliphatic carbocycles. The van der Waals surface area contributed by atoms with Crippen LogP contribution in [0.2, 0.25) is 0 Å². The van der Waals surface area contributed by atoms with Crippen molar-refractivity contribution in [2.75, 3.05) is 5.73 Å². The SMILES string of the molecule is CCC1(NC(=O)Cn2cc(N)ccc2=O)CCC1. The molecule has 0 saturated heterocycles. The highest BCUT2D eigenvalue weighted by molar-refractivity contribution is 5.76. The zero-order valence-electron chi connectivity index (χ0n) is 10.6. The maximum atomic E-state index is 11.9. The first-order valence-electron chi connectivity index (χ1n) is 6.32. The summed E-state index contributed by atoms with van der Waals surface area (Å²) < 4.78 is 1.34. The molecule has 1 aromatic heterocycles. The van der Waals surface area contributed by atoms with Gasteiger partial charge in [0.1, 0.15) is 6.54 Å². The summed E-state index contributed by atoms with van der Waals surface area (Å²) in [7, 11) is 0. The molecule has 2 rings (SSSR count). The first-order valence-corrected chi connectivity index (χ1v) is 6.32. The van der Waals surface area contributed by atoms with E-state index in [0.29, 0.717) is 5.69 Å². The van der Waals surface area contributed by atoms with E-state index >= 15 is 0 Å². The molecular weight excluding hydrogens is 230 g/mol. The minimum Gasteiger partial charge on any atom is -0.398 e. The van der Waals surface area contributed by atoms with Crippen molar-refractivity contribution >= 4 is 11.6 Å². The molecule has 0 atom stereocenters. The average Bonchev–Trinajstić information content (AvgIpc) is 2.28. The molecule has 0 bridgehead atoms. The van der Waals surface area contributed by atoms with Crippen molar-refractivity contribution in [3.63, 3.8) is 0 Å². The van der Waals surface area contributed by atoms with Gasteiger partial charge >= 0.3 is 0 Å². The predicted molar refractivity (Wildman–Crippen MR) is 70.1 cm³/mol. The Labute approximate surface area is 106 Å². The van der Waals surface area contributed by atoms with Crippen molar-refractivity contribution in [1.82, 2.24) is 9.88 Å². The fourth-order valence-corrected chi connectivity index (χ4v) is 2.33. The number of carbonyl (C=O) groups is 1. The van der Waals surface area contributed by atoms with Crippen molar-refractivity contribution in [3.05, 3.63) is 28.7 Å². The summed E-state index contributed by atoms with van der Waals surface area (Å²) in [6.07, 6.45) is 5.65. The second kappa shape index (κ2) is 4.84. The van der Waals surface area contributed by atoms with Crippen LogP contribution >= 0.6 is 0 Å². The van der Waals surface area contributed by atoms with E-state index in [1.807, 2.05) is 0 Å². The van der Waals surface area contributed by atoms with Crippen LogP contribution < -0.4 is 16.6 Å². The van der Waals surface area contributed by atoms with E-state index in [-0.39, 0.29) is 23.6 Å². The molecule has 1 aromatic rings. The summed E-state index contributed by atoms with van der Waals surface area (Å²) in [4.78, 5) is 23.5. The van der Waals surface area contributed by atoms with Gasteiger partial charge in [-0.05, 0) is 31.7 Å². The number of nitrogen functional groups attached to an aromatic ring is 1. The topological polar surface area (TPSA) is 77.1 Å². The monoisotopic (exact) mass is 249 g/mol. The number of aromatic nitrogens is 1. The molecule has 1 saturated carbocycles. The molecule has 3 N–H and O–H groups in total. The normalized spacial score (nSPS) is 16.9. The van der Waals surface area contributed by atoms with Crippen molar-refractivity contribution in [1.29, 1.82) is 0 Å². The van der Waals surface area contributed by atoms with Gasteiger partial charge in [-0.25, -0.2) is 0 Å². The van der Waals surface area contributed by atoms with Gasteiger partial charge in [0.05, 0.1) is 0 Å². The Hall–Kier alpha value is -1.78. The summed E-state index contributed by atoms with van der Waals surface area (Å²) in [5.41, 5.74) is 5.83. The molecule has 1 aliphatic rings. The largest absolute Gasteiger partial charge is 0.398 e. The third kappa shape index (κ3) is 2.55. The van der Waals surface area contributed by atoms with Crippen LogP contribution in [0.5, 0.6) is 0 Å². The lowest BCUT2D eigenvalue weighted by molar-refractivity contribution is -0.124. The second-order valence-corrected chi connectivity index (χ2v) is 4.96. The van der Waals surface area contributed by atoms with Gasteiger partial charge in [-0.2, -0.15) is 0 Å². The van der Waals surface area contributed by atoms with Gasteiger partial charge in [-0.1, -0.05) is 6.92 Å². The van der Waals surface area contributed by atoms with E-state index < -0.39 is 0 Å². The molecule has 5 nitrogen and oxygen atoms in total. The zero-order valence-corrected chi connectivity index (χ0v) is 10.6. The molecule has 0 aromatic carbocycles. The number of nitrogens with zero attached hydrogens (tertiary/aromatic N) is 1. The number of hydrogen-bond acceptors (Lipinski definition) is 3. The van der Waals surface area contributed by atoms with Crippen LogP contribution in [0.1, 0.15) is 32.6 Å². The summed E-state index contributed by atoms with van der Waals surface area (Å²) >= 11 is 0. The van der Waals surface area contributed by atoms with E-state index in [2.05, 4.69) is 12.2 Å². The molecule has 1 amide bonds. The quantitative estimate of drug-likeness (QED) is 0.831. The first kappa shape index (κ1) is 12.7. The van der Waals surface area contributed by atoms with Crippen LogP contribution in [0.4, 0.5) is 5.69 Å². The lowest BCUT2D eigenvalue weighted by Gasteiger charge is -2.42. The molecule has 0 unspecified atom stereocenters. The van der Waals surface area contributed by atoms with E-state index in [1.165, 1.54) is 22.9 Å². The predicted octanol–water partition coefficient (Wildman–Crippen LogP) is 0.879. The minimum absolute atomic E-state index is 0.0334. The minimum atomic E-state index is -0.210. The Bertz CT molecular complexity index is 498. The van der Waals surface area contributed by atoms with Crippen LogP contribution in [0.25, 0.3) is 0 Å². The smallest absolute Gasteiger partial charge is 0.251 e. The Balaban J connectivity index is 2.03. The van der Waals surface area contributed by atoms with Crippen LogP contribution in [0.15, 0.2) is 23.1 Å². The van der Waals surface area contributed by atoms with Crippen LogP contribution in [0.3, 0.4) is 0 Å². The summed E-state index contributed by atoms with van der Waals surface area (Å²) in [5.74, 6) is -0.121. The molecule has 0 radical (unpaired) electrons. The van der Waals surface area contributed by atoms with Crippen molar-refractivity contribution < 1.29 is 4.79 Å². The Morgan fingerprint density at radius 1 is 1.50 bits per heavy atom. The fraction of sp³-hybridized carbons (Fsp3) is 0.538. The number of nitrogens with one attached hydrogen (secondary N) is 1. The number of rotatable bonds is 4. The van der Waals surface area contributed by atoms with Gasteiger partial charge < -0.3 is 15.6 Å². The Morgan fingerprint density at radius 2 is 2.22 bits per heavy atom. The highest BCUT2D eigenvalue weighted by Crippen LogP contribution is 2.34. The third-order valence-corrected chi connectivity index (χ3v) is 3.71. The van der Waals surface area contributed by atoms with Gasteiger partial charge in [0.15, 0.2) is 0 Å².